The van der Waals surface area contributed by atoms with Crippen LogP contribution in [0.3, 0.4) is 0 Å². The van der Waals surface area contributed by atoms with E-state index in [1.54, 1.807) is 37.8 Å². The van der Waals surface area contributed by atoms with Crippen LogP contribution in [-0.2, 0) is 23.8 Å². The molecule has 1 aromatic rings. The zero-order valence-electron chi connectivity index (χ0n) is 21.9. The van der Waals surface area contributed by atoms with Crippen LogP contribution in [0.4, 0.5) is 9.59 Å². The number of carbonyl (C=O) groups excluding carboxylic acids is 4. The number of carbonyl (C=O) groups is 4. The Morgan fingerprint density at radius 3 is 2.36 bits per heavy atom. The fraction of sp³-hybridized carbons (Fsp3) is 0.556. The Morgan fingerprint density at radius 1 is 1.14 bits per heavy atom. The first-order valence-corrected chi connectivity index (χ1v) is 12.2. The van der Waals surface area contributed by atoms with Crippen LogP contribution in [0, 0.1) is 18.8 Å². The monoisotopic (exact) mass is 502 g/mol. The number of hydrogen-bond acceptors (Lipinski definition) is 7. The summed E-state index contributed by atoms with van der Waals surface area (Å²) in [4.78, 5) is 50.7. The van der Waals surface area contributed by atoms with E-state index < -0.39 is 23.7 Å². The standard InChI is InChI=1S/C20H30N2O7.C7H8/c1-14(23)27-11-6-5-7-16(17(24)22-10-12-28-19(22)26)15-8-9-21(13-15)18(25)29-20(2,3)4;1-7-5-3-2-4-6-7/h5-6,15-16H,7-13H2,1-4H3;2-6H,1H3/b6-5+;. The highest BCUT2D eigenvalue weighted by atomic mass is 16.6. The Kier molecular flexibility index (Phi) is 11.0. The van der Waals surface area contributed by atoms with Crippen LogP contribution in [0.5, 0.6) is 0 Å². The van der Waals surface area contributed by atoms with E-state index in [-0.39, 0.29) is 37.6 Å². The summed E-state index contributed by atoms with van der Waals surface area (Å²) in [5.74, 6) is -1.28. The SMILES string of the molecule is CC(=O)OC/C=C/CC(C(=O)N1CCOC1=O)C1CCN(C(=O)OC(C)(C)C)C1.Cc1ccccc1. The van der Waals surface area contributed by atoms with Crippen LogP contribution >= 0.6 is 0 Å². The largest absolute Gasteiger partial charge is 0.462 e. The summed E-state index contributed by atoms with van der Waals surface area (Å²) in [6, 6.07) is 10.3. The van der Waals surface area contributed by atoms with E-state index in [9.17, 15) is 19.2 Å². The van der Waals surface area contributed by atoms with Crippen molar-refractivity contribution >= 4 is 24.1 Å². The van der Waals surface area contributed by atoms with Gasteiger partial charge in [-0.05, 0) is 46.5 Å². The second-order valence-electron chi connectivity index (χ2n) is 9.85. The lowest BCUT2D eigenvalue weighted by molar-refractivity contribution is -0.139. The van der Waals surface area contributed by atoms with Crippen molar-refractivity contribution in [1.82, 2.24) is 9.80 Å². The molecule has 0 bridgehead atoms. The van der Waals surface area contributed by atoms with Gasteiger partial charge in [0.2, 0.25) is 5.91 Å². The molecule has 36 heavy (non-hydrogen) atoms. The van der Waals surface area contributed by atoms with E-state index in [2.05, 4.69) is 19.1 Å². The molecule has 0 spiro atoms. The van der Waals surface area contributed by atoms with Gasteiger partial charge in [0, 0.05) is 25.9 Å². The van der Waals surface area contributed by atoms with E-state index >= 15 is 0 Å². The quantitative estimate of drug-likeness (QED) is 0.324. The number of amides is 3. The summed E-state index contributed by atoms with van der Waals surface area (Å²) >= 11 is 0. The molecule has 2 aliphatic rings. The average molecular weight is 503 g/mol. The van der Waals surface area contributed by atoms with Crippen LogP contribution in [0.15, 0.2) is 42.5 Å². The van der Waals surface area contributed by atoms with Crippen molar-refractivity contribution in [2.24, 2.45) is 11.8 Å². The summed E-state index contributed by atoms with van der Waals surface area (Å²) in [7, 11) is 0. The molecule has 0 aliphatic carbocycles. The normalized spacial score (nSPS) is 18.4. The first-order valence-electron chi connectivity index (χ1n) is 12.2. The van der Waals surface area contributed by atoms with Crippen molar-refractivity contribution in [3.63, 3.8) is 0 Å². The van der Waals surface area contributed by atoms with Crippen LogP contribution in [0.2, 0.25) is 0 Å². The van der Waals surface area contributed by atoms with E-state index in [1.807, 2.05) is 18.2 Å². The third-order valence-electron chi connectivity index (χ3n) is 5.67. The van der Waals surface area contributed by atoms with E-state index in [0.717, 1.165) is 4.90 Å². The minimum absolute atomic E-state index is 0.109. The van der Waals surface area contributed by atoms with Crippen LogP contribution in [0.1, 0.15) is 46.1 Å². The van der Waals surface area contributed by atoms with Crippen LogP contribution in [0.25, 0.3) is 0 Å². The van der Waals surface area contributed by atoms with Gasteiger partial charge >= 0.3 is 18.2 Å². The van der Waals surface area contributed by atoms with Crippen molar-refractivity contribution in [3.05, 3.63) is 48.0 Å². The molecule has 0 saturated carbocycles. The Morgan fingerprint density at radius 2 is 1.83 bits per heavy atom. The molecule has 0 aromatic heterocycles. The number of imide groups is 1. The average Bonchev–Trinajstić information content (AvgIpc) is 3.45. The molecule has 2 aliphatic heterocycles. The lowest BCUT2D eigenvalue weighted by Crippen LogP contribution is -2.41. The molecule has 198 valence electrons. The summed E-state index contributed by atoms with van der Waals surface area (Å²) in [5.41, 5.74) is 0.728. The second kappa shape index (κ2) is 13.7. The first-order chi connectivity index (χ1) is 17.0. The molecule has 3 amide bonds. The Bertz CT molecular complexity index is 924. The Labute approximate surface area is 213 Å². The Balaban J connectivity index is 0.000000558. The fourth-order valence-corrected chi connectivity index (χ4v) is 3.91. The van der Waals surface area contributed by atoms with Gasteiger partial charge in [0.1, 0.15) is 18.8 Å². The predicted octanol–water partition coefficient (Wildman–Crippen LogP) is 4.34. The minimum Gasteiger partial charge on any atom is -0.462 e. The molecular weight excluding hydrogens is 464 g/mol. The number of benzene rings is 1. The zero-order chi connectivity index (χ0) is 26.7. The number of esters is 1. The molecule has 1 aromatic carbocycles. The predicted molar refractivity (Wildman–Crippen MR) is 134 cm³/mol. The number of rotatable bonds is 6. The number of allylic oxidation sites excluding steroid dienone is 1. The van der Waals surface area contributed by atoms with Gasteiger partial charge in [-0.25, -0.2) is 14.5 Å². The number of aryl methyl sites for hydroxylation is 1. The maximum absolute atomic E-state index is 13.0. The van der Waals surface area contributed by atoms with Crippen molar-refractivity contribution in [3.8, 4) is 0 Å². The highest BCUT2D eigenvalue weighted by molar-refractivity contribution is 5.94. The summed E-state index contributed by atoms with van der Waals surface area (Å²) in [6.45, 7) is 10.2. The fourth-order valence-electron chi connectivity index (χ4n) is 3.91. The van der Waals surface area contributed by atoms with Gasteiger partial charge in [0.25, 0.3) is 0 Å². The van der Waals surface area contributed by atoms with E-state index in [1.165, 1.54) is 12.5 Å². The van der Waals surface area contributed by atoms with E-state index in [4.69, 9.17) is 14.2 Å². The lowest BCUT2D eigenvalue weighted by Gasteiger charge is -2.26. The molecule has 2 fully saturated rings. The zero-order valence-corrected chi connectivity index (χ0v) is 21.9. The van der Waals surface area contributed by atoms with Crippen molar-refractivity contribution in [2.75, 3.05) is 32.8 Å². The number of cyclic esters (lactones) is 1. The van der Waals surface area contributed by atoms with Crippen LogP contribution in [-0.4, -0.2) is 72.3 Å². The molecule has 2 saturated heterocycles. The molecule has 9 nitrogen and oxygen atoms in total. The van der Waals surface area contributed by atoms with Gasteiger partial charge in [0.05, 0.1) is 6.54 Å². The Hall–Kier alpha value is -3.36. The van der Waals surface area contributed by atoms with E-state index in [0.29, 0.717) is 25.9 Å². The maximum atomic E-state index is 13.0. The van der Waals surface area contributed by atoms with Gasteiger partial charge < -0.3 is 19.1 Å². The third kappa shape index (κ3) is 9.71. The number of likely N-dealkylation sites (tertiary alicyclic amines) is 1. The molecule has 3 rings (SSSR count). The minimum atomic E-state index is -0.633. The summed E-state index contributed by atoms with van der Waals surface area (Å²) in [5, 5.41) is 0. The molecule has 2 atom stereocenters. The maximum Gasteiger partial charge on any atom is 0.416 e. The van der Waals surface area contributed by atoms with Gasteiger partial charge in [0.15, 0.2) is 0 Å². The van der Waals surface area contributed by atoms with Crippen molar-refractivity contribution in [2.45, 2.75) is 53.1 Å². The molecular formula is C27H38N2O7. The number of nitrogens with zero attached hydrogens (tertiary/aromatic N) is 2. The lowest BCUT2D eigenvalue weighted by atomic mass is 9.87. The van der Waals surface area contributed by atoms with Gasteiger partial charge in [-0.3, -0.25) is 9.59 Å². The van der Waals surface area contributed by atoms with Gasteiger partial charge in [-0.2, -0.15) is 0 Å². The van der Waals surface area contributed by atoms with Crippen molar-refractivity contribution < 1.29 is 33.4 Å². The third-order valence-corrected chi connectivity index (χ3v) is 5.67. The van der Waals surface area contributed by atoms with Gasteiger partial charge in [-0.1, -0.05) is 48.0 Å². The molecule has 2 unspecified atom stereocenters. The summed E-state index contributed by atoms with van der Waals surface area (Å²) in [6.07, 6.45) is 3.41. The highest BCUT2D eigenvalue weighted by Crippen LogP contribution is 2.30. The van der Waals surface area contributed by atoms with Crippen LogP contribution < -0.4 is 0 Å². The van der Waals surface area contributed by atoms with Crippen molar-refractivity contribution in [1.29, 1.82) is 0 Å². The molecule has 2 heterocycles. The molecule has 9 heteroatoms. The topological polar surface area (TPSA) is 102 Å². The molecule has 0 N–H and O–H groups in total. The number of ether oxygens (including phenoxy) is 3. The smallest absolute Gasteiger partial charge is 0.416 e. The number of hydrogen-bond donors (Lipinski definition) is 0. The second-order valence-corrected chi connectivity index (χ2v) is 9.85. The van der Waals surface area contributed by atoms with Gasteiger partial charge in [-0.15, -0.1) is 0 Å². The summed E-state index contributed by atoms with van der Waals surface area (Å²) < 4.78 is 15.2. The highest BCUT2D eigenvalue weighted by Gasteiger charge is 2.41. The molecule has 0 radical (unpaired) electrons. The first kappa shape index (κ1) is 28.9.